The van der Waals surface area contributed by atoms with Crippen LogP contribution in [0.25, 0.3) is 22.2 Å². The number of hydrogen-bond donors (Lipinski definition) is 1. The number of amides is 1. The standard InChI is InChI=1S/C21H21N5O3/c1-12-15(10-22-25(12)2)20-9-19(24-29-20)21(27)26-7-6-18-16(11-26)14-8-13(28-3)4-5-17(14)23-18/h4-5,8-10,23H,6-7,11H2,1-3H3. The van der Waals surface area contributed by atoms with Crippen LogP contribution in [0.15, 0.2) is 35.0 Å². The third-order valence-corrected chi connectivity index (χ3v) is 5.70. The van der Waals surface area contributed by atoms with Gasteiger partial charge in [0.15, 0.2) is 11.5 Å². The van der Waals surface area contributed by atoms with Crippen molar-refractivity contribution in [2.75, 3.05) is 13.7 Å². The minimum absolute atomic E-state index is 0.135. The zero-order chi connectivity index (χ0) is 20.1. The van der Waals surface area contributed by atoms with Gasteiger partial charge < -0.3 is 19.1 Å². The van der Waals surface area contributed by atoms with E-state index in [4.69, 9.17) is 9.26 Å². The average molecular weight is 391 g/mol. The lowest BCUT2D eigenvalue weighted by Gasteiger charge is -2.26. The quantitative estimate of drug-likeness (QED) is 0.580. The second-order valence-electron chi connectivity index (χ2n) is 7.31. The maximum Gasteiger partial charge on any atom is 0.276 e. The Morgan fingerprint density at radius 2 is 2.17 bits per heavy atom. The van der Waals surface area contributed by atoms with Gasteiger partial charge in [-0.1, -0.05) is 5.16 Å². The van der Waals surface area contributed by atoms with E-state index in [1.165, 1.54) is 5.69 Å². The van der Waals surface area contributed by atoms with E-state index in [9.17, 15) is 4.79 Å². The van der Waals surface area contributed by atoms with Gasteiger partial charge in [0.1, 0.15) is 5.75 Å². The van der Waals surface area contributed by atoms with Gasteiger partial charge in [-0.15, -0.1) is 0 Å². The lowest BCUT2D eigenvalue weighted by Crippen LogP contribution is -2.35. The van der Waals surface area contributed by atoms with Crippen molar-refractivity contribution in [2.45, 2.75) is 19.9 Å². The highest BCUT2D eigenvalue weighted by Gasteiger charge is 2.27. The van der Waals surface area contributed by atoms with Crippen molar-refractivity contribution in [3.63, 3.8) is 0 Å². The number of ether oxygens (including phenoxy) is 1. The third-order valence-electron chi connectivity index (χ3n) is 5.70. The Labute approximate surface area is 167 Å². The Hall–Kier alpha value is -3.55. The fraction of sp³-hybridized carbons (Fsp3) is 0.286. The molecule has 0 saturated heterocycles. The van der Waals surface area contributed by atoms with Gasteiger partial charge in [0.05, 0.1) is 18.9 Å². The van der Waals surface area contributed by atoms with Crippen LogP contribution in [-0.2, 0) is 20.0 Å². The lowest BCUT2D eigenvalue weighted by molar-refractivity contribution is 0.0724. The summed E-state index contributed by atoms with van der Waals surface area (Å²) >= 11 is 0. The number of fused-ring (bicyclic) bond motifs is 3. The number of nitrogens with zero attached hydrogens (tertiary/aromatic N) is 4. The number of aryl methyl sites for hydroxylation is 1. The number of nitrogens with one attached hydrogen (secondary N) is 1. The van der Waals surface area contributed by atoms with Crippen LogP contribution in [0.4, 0.5) is 0 Å². The summed E-state index contributed by atoms with van der Waals surface area (Å²) in [4.78, 5) is 18.3. The monoisotopic (exact) mass is 391 g/mol. The van der Waals surface area contributed by atoms with E-state index in [0.29, 0.717) is 24.5 Å². The van der Waals surface area contributed by atoms with Crippen LogP contribution >= 0.6 is 0 Å². The van der Waals surface area contributed by atoms with Crippen LogP contribution in [0, 0.1) is 6.92 Å². The lowest BCUT2D eigenvalue weighted by atomic mass is 10.0. The summed E-state index contributed by atoms with van der Waals surface area (Å²) in [6, 6.07) is 7.65. The second kappa shape index (κ2) is 6.51. The normalized spacial score (nSPS) is 13.7. The molecule has 0 spiro atoms. The highest BCUT2D eigenvalue weighted by Crippen LogP contribution is 2.31. The number of hydrogen-bond acceptors (Lipinski definition) is 5. The van der Waals surface area contributed by atoms with Gasteiger partial charge in [0, 0.05) is 60.5 Å². The van der Waals surface area contributed by atoms with Gasteiger partial charge in [-0.2, -0.15) is 5.10 Å². The molecule has 0 aliphatic carbocycles. The molecule has 1 aliphatic rings. The smallest absolute Gasteiger partial charge is 0.276 e. The molecule has 1 N–H and O–H groups in total. The molecule has 8 nitrogen and oxygen atoms in total. The van der Waals surface area contributed by atoms with Gasteiger partial charge in [-0.25, -0.2) is 0 Å². The SMILES string of the molecule is COc1ccc2[nH]c3c(c2c1)CN(C(=O)c1cc(-c2cnn(C)c2C)on1)CC3. The first kappa shape index (κ1) is 17.5. The minimum atomic E-state index is -0.135. The topological polar surface area (TPSA) is 89.2 Å². The summed E-state index contributed by atoms with van der Waals surface area (Å²) in [5.74, 6) is 1.22. The Morgan fingerprint density at radius 3 is 2.93 bits per heavy atom. The summed E-state index contributed by atoms with van der Waals surface area (Å²) in [6.07, 6.45) is 2.49. The largest absolute Gasteiger partial charge is 0.497 e. The molecule has 0 bridgehead atoms. The van der Waals surface area contributed by atoms with E-state index in [0.717, 1.165) is 39.9 Å². The van der Waals surface area contributed by atoms with Crippen molar-refractivity contribution in [2.24, 2.45) is 7.05 Å². The molecular formula is C21H21N5O3. The Kier molecular flexibility index (Phi) is 3.94. The van der Waals surface area contributed by atoms with E-state index in [1.807, 2.05) is 37.1 Å². The van der Waals surface area contributed by atoms with Crippen LogP contribution in [-0.4, -0.2) is 44.4 Å². The third kappa shape index (κ3) is 2.79. The zero-order valence-corrected chi connectivity index (χ0v) is 16.5. The Morgan fingerprint density at radius 1 is 1.31 bits per heavy atom. The van der Waals surface area contributed by atoms with Crippen molar-refractivity contribution >= 4 is 16.8 Å². The summed E-state index contributed by atoms with van der Waals surface area (Å²) in [6.45, 7) is 3.10. The van der Waals surface area contributed by atoms with Gasteiger partial charge in [-0.05, 0) is 25.1 Å². The molecule has 1 aromatic carbocycles. The number of rotatable bonds is 3. The van der Waals surface area contributed by atoms with Gasteiger partial charge in [0.25, 0.3) is 5.91 Å². The molecule has 0 radical (unpaired) electrons. The van der Waals surface area contributed by atoms with Gasteiger partial charge in [-0.3, -0.25) is 9.48 Å². The van der Waals surface area contributed by atoms with Gasteiger partial charge >= 0.3 is 0 Å². The van der Waals surface area contributed by atoms with Crippen molar-refractivity contribution in [1.29, 1.82) is 0 Å². The molecule has 8 heteroatoms. The summed E-state index contributed by atoms with van der Waals surface area (Å²) < 4.78 is 12.6. The number of aromatic nitrogens is 4. The van der Waals surface area contributed by atoms with Gasteiger partial charge in [0.2, 0.25) is 0 Å². The first-order valence-electron chi connectivity index (χ1n) is 9.47. The van der Waals surface area contributed by atoms with Crippen LogP contribution in [0.1, 0.15) is 27.4 Å². The predicted molar refractivity (Wildman–Crippen MR) is 107 cm³/mol. The molecular weight excluding hydrogens is 370 g/mol. The highest BCUT2D eigenvalue weighted by atomic mass is 16.5. The first-order valence-corrected chi connectivity index (χ1v) is 9.47. The molecule has 29 heavy (non-hydrogen) atoms. The van der Waals surface area contributed by atoms with Crippen molar-refractivity contribution in [3.8, 4) is 17.1 Å². The molecule has 0 fully saturated rings. The average Bonchev–Trinajstić information content (AvgIpc) is 3.44. The number of aromatic amines is 1. The van der Waals surface area contributed by atoms with E-state index in [-0.39, 0.29) is 5.91 Å². The number of H-pyrrole nitrogens is 1. The van der Waals surface area contributed by atoms with E-state index < -0.39 is 0 Å². The molecule has 0 unspecified atom stereocenters. The Bertz CT molecular complexity index is 1230. The van der Waals surface area contributed by atoms with E-state index in [1.54, 1.807) is 24.1 Å². The van der Waals surface area contributed by atoms with E-state index >= 15 is 0 Å². The number of benzene rings is 1. The Balaban J connectivity index is 1.43. The molecule has 148 valence electrons. The highest BCUT2D eigenvalue weighted by molar-refractivity contribution is 5.94. The number of methoxy groups -OCH3 is 1. The van der Waals surface area contributed by atoms with Crippen LogP contribution in [0.2, 0.25) is 0 Å². The molecule has 3 aromatic heterocycles. The zero-order valence-electron chi connectivity index (χ0n) is 16.5. The van der Waals surface area contributed by atoms with Crippen molar-refractivity contribution in [3.05, 3.63) is 53.1 Å². The van der Waals surface area contributed by atoms with Crippen molar-refractivity contribution in [1.82, 2.24) is 24.8 Å². The molecule has 1 aliphatic heterocycles. The fourth-order valence-electron chi connectivity index (χ4n) is 3.90. The second-order valence-corrected chi connectivity index (χ2v) is 7.31. The van der Waals surface area contributed by atoms with E-state index in [2.05, 4.69) is 15.2 Å². The predicted octanol–water partition coefficient (Wildman–Crippen LogP) is 3.07. The number of carbonyl (C=O) groups excluding carboxylic acids is 1. The first-order chi connectivity index (χ1) is 14.0. The number of carbonyl (C=O) groups is 1. The van der Waals surface area contributed by atoms with Crippen molar-refractivity contribution < 1.29 is 14.1 Å². The molecule has 0 saturated carbocycles. The molecule has 5 rings (SSSR count). The van der Waals surface area contributed by atoms with Crippen LogP contribution in [0.5, 0.6) is 5.75 Å². The maximum atomic E-state index is 13.1. The fourth-order valence-corrected chi connectivity index (χ4v) is 3.90. The maximum absolute atomic E-state index is 13.1. The van der Waals surface area contributed by atoms with Crippen LogP contribution in [0.3, 0.4) is 0 Å². The minimum Gasteiger partial charge on any atom is -0.497 e. The molecule has 4 heterocycles. The molecule has 0 atom stereocenters. The van der Waals surface area contributed by atoms with Crippen LogP contribution < -0.4 is 4.74 Å². The molecule has 1 amide bonds. The summed E-state index contributed by atoms with van der Waals surface area (Å²) in [5, 5.41) is 9.33. The summed E-state index contributed by atoms with van der Waals surface area (Å²) in [5.41, 5.74) is 5.46. The summed E-state index contributed by atoms with van der Waals surface area (Å²) in [7, 11) is 3.52. The molecule has 4 aromatic rings.